The van der Waals surface area contributed by atoms with Gasteiger partial charge in [-0.2, -0.15) is 0 Å². The fourth-order valence-electron chi connectivity index (χ4n) is 7.72. The molecule has 3 atom stereocenters. The molecular weight excluding hydrogens is 636 g/mol. The van der Waals surface area contributed by atoms with Gasteiger partial charge in [-0.3, -0.25) is 19.3 Å². The third-order valence-corrected chi connectivity index (χ3v) is 9.97. The van der Waals surface area contributed by atoms with E-state index in [4.69, 9.17) is 14.2 Å². The molecule has 266 valence electrons. The molecule has 11 nitrogen and oxygen atoms in total. The number of benzene rings is 3. The van der Waals surface area contributed by atoms with Gasteiger partial charge in [0.1, 0.15) is 6.54 Å². The first kappa shape index (κ1) is 35.2. The van der Waals surface area contributed by atoms with E-state index < -0.39 is 23.8 Å². The highest BCUT2D eigenvalue weighted by molar-refractivity contribution is 6.01. The quantitative estimate of drug-likeness (QED) is 0.239. The average molecular weight is 686 g/mol. The lowest BCUT2D eigenvalue weighted by Crippen LogP contribution is -2.46. The minimum atomic E-state index is -0.949. The number of amides is 2. The van der Waals surface area contributed by atoms with Crippen LogP contribution in [0.15, 0.2) is 60.7 Å². The summed E-state index contributed by atoms with van der Waals surface area (Å²) in [5, 5.41) is 10.8. The van der Waals surface area contributed by atoms with Gasteiger partial charge in [-0.15, -0.1) is 0 Å². The number of carbonyl (C=O) groups is 3. The number of likely N-dealkylation sites (tertiary alicyclic amines) is 1. The van der Waals surface area contributed by atoms with Crippen molar-refractivity contribution in [2.75, 3.05) is 71.0 Å². The highest BCUT2D eigenvalue weighted by atomic mass is 16.7. The lowest BCUT2D eigenvalue weighted by Gasteiger charge is -2.31. The summed E-state index contributed by atoms with van der Waals surface area (Å²) in [5.41, 5.74) is 4.56. The minimum Gasteiger partial charge on any atom is -0.493 e. The van der Waals surface area contributed by atoms with Gasteiger partial charge in [0.15, 0.2) is 11.5 Å². The van der Waals surface area contributed by atoms with Crippen LogP contribution < -0.4 is 24.0 Å². The Kier molecular flexibility index (Phi) is 10.4. The van der Waals surface area contributed by atoms with Gasteiger partial charge in [0, 0.05) is 48.5 Å². The number of methoxy groups -OCH3 is 1. The number of quaternary nitrogens is 1. The maximum Gasteiger partial charge on any atom is 0.308 e. The smallest absolute Gasteiger partial charge is 0.308 e. The zero-order valence-electron chi connectivity index (χ0n) is 29.8. The highest BCUT2D eigenvalue weighted by Crippen LogP contribution is 2.47. The van der Waals surface area contributed by atoms with Crippen LogP contribution >= 0.6 is 0 Å². The molecule has 3 aromatic rings. The highest BCUT2D eigenvalue weighted by Gasteiger charge is 2.48. The summed E-state index contributed by atoms with van der Waals surface area (Å²) in [4.78, 5) is 46.4. The first-order valence-corrected chi connectivity index (χ1v) is 17.5. The summed E-state index contributed by atoms with van der Waals surface area (Å²) in [6, 6.07) is 19.0. The summed E-state index contributed by atoms with van der Waals surface area (Å²) in [7, 11) is 7.96. The molecule has 3 aliphatic heterocycles. The average Bonchev–Trinajstić information content (AvgIpc) is 3.78. The number of para-hydroxylation sites is 1. The molecule has 50 heavy (non-hydrogen) atoms. The number of rotatable bonds is 14. The molecule has 0 bridgehead atoms. The molecule has 1 unspecified atom stereocenters. The zero-order chi connectivity index (χ0) is 35.6. The largest absolute Gasteiger partial charge is 0.493 e. The van der Waals surface area contributed by atoms with Gasteiger partial charge < -0.3 is 33.6 Å². The van der Waals surface area contributed by atoms with Crippen LogP contribution in [-0.4, -0.2) is 99.5 Å². The molecule has 0 radical (unpaired) electrons. The molecule has 11 heteroatoms. The van der Waals surface area contributed by atoms with Crippen molar-refractivity contribution in [2.45, 2.75) is 51.1 Å². The van der Waals surface area contributed by atoms with Crippen LogP contribution in [0.5, 0.6) is 17.2 Å². The van der Waals surface area contributed by atoms with Gasteiger partial charge in [0.25, 0.3) is 0 Å². The molecule has 0 saturated carbocycles. The third-order valence-electron chi connectivity index (χ3n) is 9.97. The van der Waals surface area contributed by atoms with Gasteiger partial charge in [-0.25, -0.2) is 0 Å². The van der Waals surface area contributed by atoms with E-state index in [0.29, 0.717) is 49.7 Å². The molecular formula is C39H49N4O7+. The summed E-state index contributed by atoms with van der Waals surface area (Å²) in [6.45, 7) is 4.26. The molecule has 3 aliphatic rings. The van der Waals surface area contributed by atoms with Crippen LogP contribution in [0.1, 0.15) is 48.8 Å². The lowest BCUT2D eigenvalue weighted by molar-refractivity contribution is -0.884. The van der Waals surface area contributed by atoms with E-state index in [1.807, 2.05) is 58.3 Å². The SMILES string of the molecule is CCCCN(C(=O)CN1C[C@H](c2cc(OC)c3c(c2)OCO3)C(C(=O)O)[C@@H]1CCN1C(=O)Cc2ccccc21)c1cccc(C[N+](C)(C)C)c1. The molecule has 2 amide bonds. The van der Waals surface area contributed by atoms with Crippen LogP contribution in [0.25, 0.3) is 0 Å². The number of carbonyl (C=O) groups excluding carboxylic acids is 2. The summed E-state index contributed by atoms with van der Waals surface area (Å²) in [6.07, 6.45) is 2.47. The van der Waals surface area contributed by atoms with Crippen molar-refractivity contribution in [3.63, 3.8) is 0 Å². The monoisotopic (exact) mass is 685 g/mol. The van der Waals surface area contributed by atoms with Crippen LogP contribution in [0.4, 0.5) is 11.4 Å². The molecule has 0 aliphatic carbocycles. The number of hydrogen-bond donors (Lipinski definition) is 1. The summed E-state index contributed by atoms with van der Waals surface area (Å²) < 4.78 is 17.7. The molecule has 1 fully saturated rings. The first-order valence-electron chi connectivity index (χ1n) is 17.5. The normalized spacial score (nSPS) is 19.9. The van der Waals surface area contributed by atoms with Crippen LogP contribution in [0, 0.1) is 5.92 Å². The minimum absolute atomic E-state index is 0.00439. The van der Waals surface area contributed by atoms with Crippen molar-refractivity contribution in [3.05, 3.63) is 77.4 Å². The molecule has 6 rings (SSSR count). The van der Waals surface area contributed by atoms with Crippen molar-refractivity contribution in [3.8, 4) is 17.2 Å². The van der Waals surface area contributed by atoms with Crippen molar-refractivity contribution < 1.29 is 38.2 Å². The van der Waals surface area contributed by atoms with Gasteiger partial charge in [-0.1, -0.05) is 43.7 Å². The first-order chi connectivity index (χ1) is 24.0. The number of carboxylic acids is 1. The number of carboxylic acid groups (broad SMARTS) is 1. The van der Waals surface area contributed by atoms with E-state index in [-0.39, 0.29) is 25.2 Å². The Bertz CT molecular complexity index is 1740. The van der Waals surface area contributed by atoms with E-state index in [9.17, 15) is 19.5 Å². The van der Waals surface area contributed by atoms with Gasteiger partial charge in [-0.05, 0) is 54.3 Å². The second-order valence-electron chi connectivity index (χ2n) is 14.6. The lowest BCUT2D eigenvalue weighted by atomic mass is 9.84. The van der Waals surface area contributed by atoms with Crippen molar-refractivity contribution in [2.24, 2.45) is 5.92 Å². The van der Waals surface area contributed by atoms with E-state index in [0.717, 1.165) is 51.9 Å². The summed E-state index contributed by atoms with van der Waals surface area (Å²) in [5.74, 6) is -0.871. The molecule has 1 N–H and O–H groups in total. The van der Waals surface area contributed by atoms with E-state index in [1.54, 1.807) is 12.0 Å². The fourth-order valence-corrected chi connectivity index (χ4v) is 7.72. The Hall–Kier alpha value is -4.61. The van der Waals surface area contributed by atoms with Crippen LogP contribution in [-0.2, 0) is 27.3 Å². The molecule has 3 aromatic carbocycles. The topological polar surface area (TPSA) is 109 Å². The van der Waals surface area contributed by atoms with E-state index >= 15 is 0 Å². The van der Waals surface area contributed by atoms with Crippen LogP contribution in [0.3, 0.4) is 0 Å². The second kappa shape index (κ2) is 14.7. The second-order valence-corrected chi connectivity index (χ2v) is 14.6. The Morgan fingerprint density at radius 3 is 2.60 bits per heavy atom. The van der Waals surface area contributed by atoms with E-state index in [2.05, 4.69) is 40.2 Å². The number of aliphatic carboxylic acids is 1. The Morgan fingerprint density at radius 1 is 1.06 bits per heavy atom. The van der Waals surface area contributed by atoms with Crippen molar-refractivity contribution in [1.82, 2.24) is 4.90 Å². The predicted octanol–water partition coefficient (Wildman–Crippen LogP) is 4.91. The zero-order valence-corrected chi connectivity index (χ0v) is 29.8. The fraction of sp³-hybridized carbons (Fsp3) is 0.462. The number of unbranched alkanes of at least 4 members (excludes halogenated alkanes) is 1. The van der Waals surface area contributed by atoms with Gasteiger partial charge in [0.2, 0.25) is 24.4 Å². The Labute approximate surface area is 294 Å². The number of hydrogen-bond acceptors (Lipinski definition) is 7. The number of anilines is 2. The molecule has 3 heterocycles. The molecule has 0 aromatic heterocycles. The number of fused-ring (bicyclic) bond motifs is 2. The standard InChI is InChI=1S/C39H48N4O7/c1-6-7-16-41(29-13-10-11-26(18-29)24-43(2,3)4)36(45)23-40-22-30(28-19-33(48-5)38-34(20-28)49-25-50-38)37(39(46)47)32(40)15-17-42-31-14-9-8-12-27(31)21-35(42)44/h8-14,18-20,30,32,37H,6-7,15-17,21-25H2,1-5H3/p+1/t30-,32+,37?/m1/s1. The van der Waals surface area contributed by atoms with Crippen molar-refractivity contribution >= 4 is 29.2 Å². The van der Waals surface area contributed by atoms with Crippen LogP contribution in [0.2, 0.25) is 0 Å². The number of nitrogens with zero attached hydrogens (tertiary/aromatic N) is 4. The predicted molar refractivity (Wildman–Crippen MR) is 191 cm³/mol. The van der Waals surface area contributed by atoms with Crippen molar-refractivity contribution in [1.29, 1.82) is 0 Å². The maximum absolute atomic E-state index is 14.4. The van der Waals surface area contributed by atoms with Gasteiger partial charge in [0.05, 0.1) is 47.1 Å². The van der Waals surface area contributed by atoms with Gasteiger partial charge >= 0.3 is 5.97 Å². The third kappa shape index (κ3) is 7.44. The Morgan fingerprint density at radius 2 is 1.86 bits per heavy atom. The molecule has 1 saturated heterocycles. The molecule has 0 spiro atoms. The Balaban J connectivity index is 1.33. The maximum atomic E-state index is 14.4. The van der Waals surface area contributed by atoms with E-state index in [1.165, 1.54) is 0 Å². The summed E-state index contributed by atoms with van der Waals surface area (Å²) >= 11 is 0. The number of ether oxygens (including phenoxy) is 3.